The number of anilines is 1. The maximum absolute atomic E-state index is 8.97. The average molecular weight is 264 g/mol. The quantitative estimate of drug-likeness (QED) is 0.865. The molecule has 0 amide bonds. The van der Waals surface area contributed by atoms with E-state index in [-0.39, 0.29) is 6.61 Å². The van der Waals surface area contributed by atoms with E-state index >= 15 is 0 Å². The molecule has 2 heterocycles. The minimum atomic E-state index is 0.234. The Kier molecular flexibility index (Phi) is 3.75. The zero-order chi connectivity index (χ0) is 13.1. The van der Waals surface area contributed by atoms with Crippen LogP contribution in [0.2, 0.25) is 0 Å². The highest BCUT2D eigenvalue weighted by molar-refractivity contribution is 5.65. The summed E-state index contributed by atoms with van der Waals surface area (Å²) in [5.41, 5.74) is 1.13. The van der Waals surface area contributed by atoms with Crippen molar-refractivity contribution < 1.29 is 14.6 Å². The van der Waals surface area contributed by atoms with Gasteiger partial charge in [0.25, 0.3) is 0 Å². The minimum absolute atomic E-state index is 0.234. The summed E-state index contributed by atoms with van der Waals surface area (Å²) in [7, 11) is 0. The van der Waals surface area contributed by atoms with Crippen LogP contribution in [0.4, 0.5) is 5.69 Å². The molecule has 1 N–H and O–H groups in total. The van der Waals surface area contributed by atoms with Crippen LogP contribution in [0.3, 0.4) is 0 Å². The first-order valence-electron chi connectivity index (χ1n) is 6.85. The topological polar surface area (TPSA) is 45.2 Å². The van der Waals surface area contributed by atoms with Gasteiger partial charge in [-0.3, -0.25) is 4.90 Å². The number of fused-ring (bicyclic) bond motifs is 1. The average Bonchev–Trinajstić information content (AvgIpc) is 2.48. The number of para-hydroxylation sites is 1. The van der Waals surface area contributed by atoms with Crippen LogP contribution in [0.5, 0.6) is 11.5 Å². The van der Waals surface area contributed by atoms with Gasteiger partial charge in [0.05, 0.1) is 12.3 Å². The molecule has 5 nitrogen and oxygen atoms in total. The summed E-state index contributed by atoms with van der Waals surface area (Å²) in [5, 5.41) is 8.97. The van der Waals surface area contributed by atoms with Gasteiger partial charge in [-0.25, -0.2) is 0 Å². The Morgan fingerprint density at radius 3 is 2.63 bits per heavy atom. The normalized spacial score (nSPS) is 19.5. The van der Waals surface area contributed by atoms with Crippen molar-refractivity contribution in [3.63, 3.8) is 0 Å². The molecule has 1 saturated heterocycles. The van der Waals surface area contributed by atoms with Gasteiger partial charge in [-0.05, 0) is 12.1 Å². The van der Waals surface area contributed by atoms with E-state index in [2.05, 4.69) is 15.9 Å². The number of rotatable bonds is 3. The van der Waals surface area contributed by atoms with Gasteiger partial charge in [0.2, 0.25) is 0 Å². The summed E-state index contributed by atoms with van der Waals surface area (Å²) in [5.74, 6) is 1.73. The Bertz CT molecular complexity index is 431. The first-order valence-corrected chi connectivity index (χ1v) is 6.85. The molecule has 0 aliphatic carbocycles. The molecule has 1 fully saturated rings. The van der Waals surface area contributed by atoms with Gasteiger partial charge < -0.3 is 19.5 Å². The summed E-state index contributed by atoms with van der Waals surface area (Å²) in [6.07, 6.45) is 0. The molecule has 2 aliphatic heterocycles. The van der Waals surface area contributed by atoms with E-state index in [1.54, 1.807) is 0 Å². The minimum Gasteiger partial charge on any atom is -0.486 e. The van der Waals surface area contributed by atoms with Gasteiger partial charge in [-0.15, -0.1) is 0 Å². The number of aliphatic hydroxyl groups excluding tert-OH is 1. The fourth-order valence-electron chi connectivity index (χ4n) is 2.66. The number of β-amino-alcohol motifs (C(OH)–C–C–N with tert-alkyl or cyclic N) is 1. The van der Waals surface area contributed by atoms with Crippen LogP contribution in [0, 0.1) is 0 Å². The molecular weight excluding hydrogens is 244 g/mol. The molecule has 0 saturated carbocycles. The number of hydrogen-bond donors (Lipinski definition) is 1. The van der Waals surface area contributed by atoms with E-state index < -0.39 is 0 Å². The maximum atomic E-state index is 8.97. The highest BCUT2D eigenvalue weighted by Gasteiger charge is 2.23. The monoisotopic (exact) mass is 264 g/mol. The summed E-state index contributed by atoms with van der Waals surface area (Å²) < 4.78 is 11.4. The Hall–Kier alpha value is -1.46. The number of benzene rings is 1. The van der Waals surface area contributed by atoms with E-state index in [0.29, 0.717) is 13.2 Å². The Morgan fingerprint density at radius 2 is 1.84 bits per heavy atom. The highest BCUT2D eigenvalue weighted by Crippen LogP contribution is 2.39. The lowest BCUT2D eigenvalue weighted by atomic mass is 10.2. The zero-order valence-corrected chi connectivity index (χ0v) is 11.0. The number of aliphatic hydroxyl groups is 1. The standard InChI is InChI=1S/C14H20N2O3/c17-9-8-15-4-6-16(7-5-15)12-2-1-3-13-14(12)19-11-10-18-13/h1-3,17H,4-11H2. The molecular formula is C14H20N2O3. The van der Waals surface area contributed by atoms with Crippen LogP contribution < -0.4 is 14.4 Å². The van der Waals surface area contributed by atoms with Crippen molar-refractivity contribution in [3.8, 4) is 11.5 Å². The lowest BCUT2D eigenvalue weighted by Gasteiger charge is -2.37. The summed E-state index contributed by atoms with van der Waals surface area (Å²) in [6, 6.07) is 6.07. The van der Waals surface area contributed by atoms with E-state index in [1.807, 2.05) is 12.1 Å². The first kappa shape index (κ1) is 12.6. The van der Waals surface area contributed by atoms with E-state index in [4.69, 9.17) is 14.6 Å². The third-order valence-electron chi connectivity index (χ3n) is 3.67. The van der Waals surface area contributed by atoms with Crippen molar-refractivity contribution in [3.05, 3.63) is 18.2 Å². The van der Waals surface area contributed by atoms with Crippen molar-refractivity contribution in [1.82, 2.24) is 4.90 Å². The lowest BCUT2D eigenvalue weighted by Crippen LogP contribution is -2.47. The van der Waals surface area contributed by atoms with E-state index in [9.17, 15) is 0 Å². The van der Waals surface area contributed by atoms with Crippen molar-refractivity contribution >= 4 is 5.69 Å². The van der Waals surface area contributed by atoms with Gasteiger partial charge >= 0.3 is 0 Å². The molecule has 104 valence electrons. The molecule has 5 heteroatoms. The summed E-state index contributed by atoms with van der Waals surface area (Å²) in [6.45, 7) is 6.11. The van der Waals surface area contributed by atoms with Crippen LogP contribution in [0.15, 0.2) is 18.2 Å². The van der Waals surface area contributed by atoms with E-state index in [1.165, 1.54) is 0 Å². The molecule has 1 aromatic rings. The smallest absolute Gasteiger partial charge is 0.184 e. The number of nitrogens with zero attached hydrogens (tertiary/aromatic N) is 2. The largest absolute Gasteiger partial charge is 0.486 e. The zero-order valence-electron chi connectivity index (χ0n) is 11.0. The van der Waals surface area contributed by atoms with Crippen LogP contribution in [-0.2, 0) is 0 Å². The summed E-state index contributed by atoms with van der Waals surface area (Å²) >= 11 is 0. The molecule has 0 aromatic heterocycles. The predicted octanol–water partition coefficient (Wildman–Crippen LogP) is 0.572. The van der Waals surface area contributed by atoms with Gasteiger partial charge in [0, 0.05) is 32.7 Å². The van der Waals surface area contributed by atoms with Crippen molar-refractivity contribution in [2.45, 2.75) is 0 Å². The van der Waals surface area contributed by atoms with E-state index in [0.717, 1.165) is 49.9 Å². The summed E-state index contributed by atoms with van der Waals surface area (Å²) in [4.78, 5) is 4.62. The second-order valence-corrected chi connectivity index (χ2v) is 4.85. The Balaban J connectivity index is 1.73. The van der Waals surface area contributed by atoms with Crippen LogP contribution in [0.1, 0.15) is 0 Å². The van der Waals surface area contributed by atoms with Crippen LogP contribution in [0.25, 0.3) is 0 Å². The molecule has 2 aliphatic rings. The molecule has 19 heavy (non-hydrogen) atoms. The number of ether oxygens (including phenoxy) is 2. The van der Waals surface area contributed by atoms with Gasteiger partial charge in [-0.1, -0.05) is 6.07 Å². The van der Waals surface area contributed by atoms with Crippen LogP contribution in [-0.4, -0.2) is 62.6 Å². The fourth-order valence-corrected chi connectivity index (χ4v) is 2.66. The molecule has 3 rings (SSSR count). The maximum Gasteiger partial charge on any atom is 0.184 e. The molecule has 0 unspecified atom stereocenters. The van der Waals surface area contributed by atoms with Crippen molar-refractivity contribution in [2.75, 3.05) is 57.4 Å². The van der Waals surface area contributed by atoms with Crippen molar-refractivity contribution in [1.29, 1.82) is 0 Å². The second kappa shape index (κ2) is 5.67. The Morgan fingerprint density at radius 1 is 1.05 bits per heavy atom. The predicted molar refractivity (Wildman–Crippen MR) is 73.2 cm³/mol. The third kappa shape index (κ3) is 2.62. The second-order valence-electron chi connectivity index (χ2n) is 4.85. The highest BCUT2D eigenvalue weighted by atomic mass is 16.6. The van der Waals surface area contributed by atoms with Crippen molar-refractivity contribution in [2.24, 2.45) is 0 Å². The third-order valence-corrected chi connectivity index (χ3v) is 3.67. The van der Waals surface area contributed by atoms with Crippen LogP contribution >= 0.6 is 0 Å². The molecule has 0 atom stereocenters. The first-order chi connectivity index (χ1) is 9.38. The van der Waals surface area contributed by atoms with Gasteiger partial charge in [0.15, 0.2) is 11.5 Å². The SMILES string of the molecule is OCCN1CCN(c2cccc3c2OCCO3)CC1. The number of piperazine rings is 1. The van der Waals surface area contributed by atoms with Gasteiger partial charge in [0.1, 0.15) is 13.2 Å². The molecule has 0 radical (unpaired) electrons. The molecule has 0 bridgehead atoms. The van der Waals surface area contributed by atoms with Gasteiger partial charge in [-0.2, -0.15) is 0 Å². The Labute approximate surface area is 113 Å². The number of hydrogen-bond acceptors (Lipinski definition) is 5. The lowest BCUT2D eigenvalue weighted by molar-refractivity contribution is 0.170. The molecule has 0 spiro atoms. The molecule has 1 aromatic carbocycles. The fraction of sp³-hybridized carbons (Fsp3) is 0.571.